The number of hydrogen-bond donors (Lipinski definition) is 1. The molecule has 0 bridgehead atoms. The second-order valence-electron chi connectivity index (χ2n) is 5.25. The molecule has 1 N–H and O–H groups in total. The molecule has 1 nitrogen and oxygen atoms in total. The van der Waals surface area contributed by atoms with E-state index in [1.54, 1.807) is 18.2 Å². The van der Waals surface area contributed by atoms with Gasteiger partial charge >= 0.3 is 0 Å². The van der Waals surface area contributed by atoms with Gasteiger partial charge in [0.15, 0.2) is 0 Å². The van der Waals surface area contributed by atoms with Crippen LogP contribution in [0.2, 0.25) is 0 Å². The Hall–Kier alpha value is -1.74. The van der Waals surface area contributed by atoms with Gasteiger partial charge in [-0.25, -0.2) is 8.78 Å². The van der Waals surface area contributed by atoms with Crippen molar-refractivity contribution in [3.05, 3.63) is 71.3 Å². The summed E-state index contributed by atoms with van der Waals surface area (Å²) >= 11 is 0. The van der Waals surface area contributed by atoms with Crippen molar-refractivity contribution < 1.29 is 8.78 Å². The van der Waals surface area contributed by atoms with Crippen LogP contribution in [-0.2, 0) is 0 Å². The minimum Gasteiger partial charge on any atom is -0.316 e. The van der Waals surface area contributed by atoms with Crippen LogP contribution in [0.1, 0.15) is 29.4 Å². The summed E-state index contributed by atoms with van der Waals surface area (Å²) in [7, 11) is 0. The zero-order valence-electron chi connectivity index (χ0n) is 11.2. The van der Waals surface area contributed by atoms with Gasteiger partial charge in [-0.2, -0.15) is 0 Å². The maximum Gasteiger partial charge on any atom is 0.126 e. The van der Waals surface area contributed by atoms with Gasteiger partial charge in [-0.05, 0) is 42.1 Å². The molecular weight excluding hydrogens is 256 g/mol. The predicted molar refractivity (Wildman–Crippen MR) is 75.8 cm³/mol. The molecule has 2 aromatic carbocycles. The molecule has 1 fully saturated rings. The minimum atomic E-state index is -0.206. The lowest BCUT2D eigenvalue weighted by Gasteiger charge is -2.33. The van der Waals surface area contributed by atoms with Gasteiger partial charge in [0, 0.05) is 12.5 Å². The fourth-order valence-electron chi connectivity index (χ4n) is 3.11. The molecule has 1 aliphatic heterocycles. The lowest BCUT2D eigenvalue weighted by molar-refractivity contribution is 0.384. The van der Waals surface area contributed by atoms with Gasteiger partial charge in [0.05, 0.1) is 0 Å². The van der Waals surface area contributed by atoms with Crippen LogP contribution in [0.15, 0.2) is 48.5 Å². The molecule has 0 radical (unpaired) electrons. The molecule has 1 aliphatic rings. The normalized spacial score (nSPS) is 22.7. The van der Waals surface area contributed by atoms with Gasteiger partial charge in [-0.3, -0.25) is 0 Å². The van der Waals surface area contributed by atoms with E-state index in [1.165, 1.54) is 12.1 Å². The predicted octanol–water partition coefficient (Wildman–Crippen LogP) is 3.83. The monoisotopic (exact) mass is 273 g/mol. The minimum absolute atomic E-state index is 0.0225. The maximum absolute atomic E-state index is 14.0. The number of rotatable bonds is 2. The molecule has 20 heavy (non-hydrogen) atoms. The van der Waals surface area contributed by atoms with Crippen LogP contribution in [0, 0.1) is 11.6 Å². The van der Waals surface area contributed by atoms with E-state index in [-0.39, 0.29) is 23.5 Å². The van der Waals surface area contributed by atoms with Crippen LogP contribution in [0.4, 0.5) is 8.78 Å². The first-order valence-corrected chi connectivity index (χ1v) is 6.97. The number of nitrogens with one attached hydrogen (secondary N) is 1. The molecule has 0 spiro atoms. The molecule has 0 aliphatic carbocycles. The average molecular weight is 273 g/mol. The summed E-state index contributed by atoms with van der Waals surface area (Å²) in [6.45, 7) is 1.52. The third-order valence-electron chi connectivity index (χ3n) is 4.09. The highest BCUT2D eigenvalue weighted by atomic mass is 19.1. The summed E-state index contributed by atoms with van der Waals surface area (Å²) in [5.74, 6) is -0.403. The van der Waals surface area contributed by atoms with Crippen molar-refractivity contribution in [3.63, 3.8) is 0 Å². The fraction of sp³-hybridized carbons (Fsp3) is 0.294. The molecular formula is C17H17F2N. The molecule has 0 amide bonds. The lowest BCUT2D eigenvalue weighted by atomic mass is 9.77. The van der Waals surface area contributed by atoms with Gasteiger partial charge in [-0.1, -0.05) is 36.4 Å². The van der Waals surface area contributed by atoms with Crippen molar-refractivity contribution in [1.82, 2.24) is 5.32 Å². The molecule has 3 rings (SSSR count). The molecule has 104 valence electrons. The van der Waals surface area contributed by atoms with Gasteiger partial charge in [0.25, 0.3) is 0 Å². The molecule has 2 atom stereocenters. The third kappa shape index (κ3) is 2.46. The van der Waals surface area contributed by atoms with Crippen molar-refractivity contribution in [3.8, 4) is 0 Å². The van der Waals surface area contributed by atoms with Gasteiger partial charge < -0.3 is 5.32 Å². The van der Waals surface area contributed by atoms with E-state index >= 15 is 0 Å². The van der Waals surface area contributed by atoms with E-state index in [2.05, 4.69) is 5.32 Å². The summed E-state index contributed by atoms with van der Waals surface area (Å²) in [6.07, 6.45) is 0.819. The van der Waals surface area contributed by atoms with Crippen molar-refractivity contribution in [2.45, 2.75) is 18.3 Å². The van der Waals surface area contributed by atoms with Crippen LogP contribution in [0.25, 0.3) is 0 Å². The highest BCUT2D eigenvalue weighted by molar-refractivity contribution is 5.31. The molecule has 2 aromatic rings. The lowest BCUT2D eigenvalue weighted by Crippen LogP contribution is -2.34. The van der Waals surface area contributed by atoms with Gasteiger partial charge in [0.1, 0.15) is 11.6 Å². The highest BCUT2D eigenvalue weighted by Gasteiger charge is 2.30. The number of piperidine rings is 1. The Morgan fingerprint density at radius 3 is 1.95 bits per heavy atom. The van der Waals surface area contributed by atoms with Crippen molar-refractivity contribution >= 4 is 0 Å². The number of benzene rings is 2. The molecule has 0 aromatic heterocycles. The summed E-state index contributed by atoms with van der Waals surface area (Å²) in [5.41, 5.74) is 1.37. The second kappa shape index (κ2) is 5.71. The van der Waals surface area contributed by atoms with Gasteiger partial charge in [0.2, 0.25) is 0 Å². The molecule has 2 unspecified atom stereocenters. The van der Waals surface area contributed by atoms with E-state index in [4.69, 9.17) is 0 Å². The summed E-state index contributed by atoms with van der Waals surface area (Å²) in [5, 5.41) is 3.29. The second-order valence-corrected chi connectivity index (χ2v) is 5.25. The van der Waals surface area contributed by atoms with Crippen molar-refractivity contribution in [1.29, 1.82) is 0 Å². The Morgan fingerprint density at radius 2 is 1.35 bits per heavy atom. The van der Waals surface area contributed by atoms with E-state index in [1.807, 2.05) is 18.2 Å². The molecule has 3 heteroatoms. The van der Waals surface area contributed by atoms with Crippen LogP contribution in [0.5, 0.6) is 0 Å². The van der Waals surface area contributed by atoms with Crippen molar-refractivity contribution in [2.24, 2.45) is 0 Å². The summed E-state index contributed by atoms with van der Waals surface area (Å²) < 4.78 is 28.1. The third-order valence-corrected chi connectivity index (χ3v) is 4.09. The van der Waals surface area contributed by atoms with Crippen LogP contribution in [-0.4, -0.2) is 13.1 Å². The van der Waals surface area contributed by atoms with E-state index in [0.717, 1.165) is 13.0 Å². The Bertz CT molecular complexity index is 544. The smallest absolute Gasteiger partial charge is 0.126 e. The highest BCUT2D eigenvalue weighted by Crippen LogP contribution is 2.39. The first kappa shape index (κ1) is 13.3. The Kier molecular flexibility index (Phi) is 3.79. The number of halogens is 2. The topological polar surface area (TPSA) is 12.0 Å². The Labute approximate surface area is 117 Å². The standard InChI is InChI=1S/C17H17F2N/c18-16-7-3-1-5-13(16)12-9-10-20-11-15(12)14-6-2-4-8-17(14)19/h1-8,12,15,20H,9-11H2. The Morgan fingerprint density at radius 1 is 0.800 bits per heavy atom. The van der Waals surface area contributed by atoms with E-state index in [0.29, 0.717) is 17.7 Å². The van der Waals surface area contributed by atoms with Crippen LogP contribution < -0.4 is 5.32 Å². The van der Waals surface area contributed by atoms with Crippen LogP contribution in [0.3, 0.4) is 0 Å². The maximum atomic E-state index is 14.0. The first-order chi connectivity index (χ1) is 9.77. The zero-order chi connectivity index (χ0) is 13.9. The summed E-state index contributed by atoms with van der Waals surface area (Å²) in [4.78, 5) is 0. The van der Waals surface area contributed by atoms with Gasteiger partial charge in [-0.15, -0.1) is 0 Å². The molecule has 1 saturated heterocycles. The van der Waals surface area contributed by atoms with E-state index < -0.39 is 0 Å². The molecule has 0 saturated carbocycles. The van der Waals surface area contributed by atoms with E-state index in [9.17, 15) is 8.78 Å². The Balaban J connectivity index is 2.00. The summed E-state index contributed by atoms with van der Waals surface area (Å²) in [6, 6.07) is 13.6. The number of hydrogen-bond acceptors (Lipinski definition) is 1. The fourth-order valence-corrected chi connectivity index (χ4v) is 3.11. The molecule has 1 heterocycles. The first-order valence-electron chi connectivity index (χ1n) is 6.97. The van der Waals surface area contributed by atoms with Crippen molar-refractivity contribution in [2.75, 3.05) is 13.1 Å². The average Bonchev–Trinajstić information content (AvgIpc) is 2.48. The van der Waals surface area contributed by atoms with Crippen LogP contribution >= 0.6 is 0 Å². The quantitative estimate of drug-likeness (QED) is 0.877. The SMILES string of the molecule is Fc1ccccc1C1CCNCC1c1ccccc1F. The zero-order valence-corrected chi connectivity index (χ0v) is 11.2. The largest absolute Gasteiger partial charge is 0.316 e.